The fourth-order valence-corrected chi connectivity index (χ4v) is 5.86. The SMILES string of the molecule is CC1CC1CN(CCCN(C)C)c1cc(-c2nnc([C@](C)(N)Cc3ccccc3)o2)cc(N(C)S(=O)(=O)C(C)C)n1. The van der Waals surface area contributed by atoms with E-state index >= 15 is 0 Å². The number of pyridine rings is 1. The molecule has 4 rings (SSSR count). The number of benzene rings is 1. The van der Waals surface area contributed by atoms with Gasteiger partial charge in [0.05, 0.1) is 10.8 Å². The summed E-state index contributed by atoms with van der Waals surface area (Å²) in [5.41, 5.74) is 7.44. The predicted octanol–water partition coefficient (Wildman–Crippen LogP) is 4.14. The van der Waals surface area contributed by atoms with Gasteiger partial charge in [-0.25, -0.2) is 13.4 Å². The van der Waals surface area contributed by atoms with E-state index < -0.39 is 20.8 Å². The largest absolute Gasteiger partial charge is 0.419 e. The Bertz CT molecular complexity index is 1410. The summed E-state index contributed by atoms with van der Waals surface area (Å²) >= 11 is 0. The van der Waals surface area contributed by atoms with Crippen molar-refractivity contribution in [1.82, 2.24) is 20.1 Å². The minimum absolute atomic E-state index is 0.276. The van der Waals surface area contributed by atoms with E-state index in [1.807, 2.05) is 43.3 Å². The number of sulfonamides is 1. The summed E-state index contributed by atoms with van der Waals surface area (Å²) < 4.78 is 33.7. The lowest BCUT2D eigenvalue weighted by atomic mass is 9.94. The fourth-order valence-electron chi connectivity index (χ4n) is 4.88. The third kappa shape index (κ3) is 7.64. The van der Waals surface area contributed by atoms with Gasteiger partial charge in [0.2, 0.25) is 21.8 Å². The molecular formula is C30H45N7O3S. The molecule has 0 aliphatic heterocycles. The number of aromatic nitrogens is 3. The summed E-state index contributed by atoms with van der Waals surface area (Å²) in [5, 5.41) is 8.06. The summed E-state index contributed by atoms with van der Waals surface area (Å²) in [6.45, 7) is 10.1. The van der Waals surface area contributed by atoms with Crippen LogP contribution >= 0.6 is 0 Å². The Morgan fingerprint density at radius 2 is 1.73 bits per heavy atom. The lowest BCUT2D eigenvalue weighted by Gasteiger charge is -2.27. The van der Waals surface area contributed by atoms with E-state index in [2.05, 4.69) is 41.0 Å². The first-order chi connectivity index (χ1) is 19.3. The molecule has 224 valence electrons. The third-order valence-electron chi connectivity index (χ3n) is 7.76. The van der Waals surface area contributed by atoms with Crippen molar-refractivity contribution in [3.8, 4) is 11.5 Å². The van der Waals surface area contributed by atoms with Crippen LogP contribution in [0.15, 0.2) is 46.9 Å². The molecule has 1 saturated carbocycles. The number of rotatable bonds is 14. The molecule has 1 aliphatic rings. The van der Waals surface area contributed by atoms with Crippen LogP contribution in [0, 0.1) is 11.8 Å². The standard InChI is InChI=1S/C30H45N7O3S/c1-21(2)41(38,39)36(7)26-17-24(18-27(32-26)37(15-11-14-35(5)6)20-25-16-22(25)3)28-33-34-29(40-28)30(4,31)19-23-12-9-8-10-13-23/h8-10,12-13,17-18,21-22,25H,11,14-16,19-20,31H2,1-7H3/t22?,25?,30-/m1/s1. The molecule has 0 bridgehead atoms. The van der Waals surface area contributed by atoms with Crippen LogP contribution in [0.1, 0.15) is 52.0 Å². The monoisotopic (exact) mass is 583 g/mol. The molecule has 10 nitrogen and oxygen atoms in total. The Kier molecular flexibility index (Phi) is 9.40. The number of hydrogen-bond donors (Lipinski definition) is 1. The van der Waals surface area contributed by atoms with Gasteiger partial charge in [-0.15, -0.1) is 10.2 Å². The van der Waals surface area contributed by atoms with E-state index in [1.54, 1.807) is 27.0 Å². The van der Waals surface area contributed by atoms with Crippen LogP contribution < -0.4 is 14.9 Å². The maximum Gasteiger partial charge on any atom is 0.248 e. The quantitative estimate of drug-likeness (QED) is 0.298. The van der Waals surface area contributed by atoms with E-state index in [4.69, 9.17) is 15.1 Å². The highest BCUT2D eigenvalue weighted by molar-refractivity contribution is 7.93. The molecule has 2 aromatic heterocycles. The van der Waals surface area contributed by atoms with Gasteiger partial charge in [0.15, 0.2) is 0 Å². The molecule has 0 spiro atoms. The number of nitrogens with zero attached hydrogens (tertiary/aromatic N) is 6. The second-order valence-electron chi connectivity index (χ2n) is 12.2. The van der Waals surface area contributed by atoms with Crippen molar-refractivity contribution in [2.24, 2.45) is 17.6 Å². The van der Waals surface area contributed by atoms with Crippen molar-refractivity contribution in [3.63, 3.8) is 0 Å². The molecule has 0 amide bonds. The first kappa shape index (κ1) is 30.9. The summed E-state index contributed by atoms with van der Waals surface area (Å²) in [7, 11) is 2.05. The second kappa shape index (κ2) is 12.5. The Labute approximate surface area is 245 Å². The van der Waals surface area contributed by atoms with Crippen molar-refractivity contribution in [2.45, 2.75) is 57.7 Å². The molecular weight excluding hydrogens is 538 g/mol. The van der Waals surface area contributed by atoms with Gasteiger partial charge in [-0.2, -0.15) is 0 Å². The molecule has 41 heavy (non-hydrogen) atoms. The van der Waals surface area contributed by atoms with Crippen molar-refractivity contribution in [3.05, 3.63) is 53.9 Å². The lowest BCUT2D eigenvalue weighted by molar-refractivity contribution is 0.355. The van der Waals surface area contributed by atoms with Crippen LogP contribution in [0.2, 0.25) is 0 Å². The highest BCUT2D eigenvalue weighted by atomic mass is 32.2. The van der Waals surface area contributed by atoms with Gasteiger partial charge in [-0.05, 0) is 90.2 Å². The Morgan fingerprint density at radius 1 is 1.07 bits per heavy atom. The number of hydrogen-bond acceptors (Lipinski definition) is 9. The summed E-state index contributed by atoms with van der Waals surface area (Å²) in [5.74, 6) is 2.86. The van der Waals surface area contributed by atoms with Gasteiger partial charge in [-0.3, -0.25) is 4.31 Å². The van der Waals surface area contributed by atoms with Gasteiger partial charge in [0.1, 0.15) is 11.6 Å². The van der Waals surface area contributed by atoms with Crippen LogP contribution in [0.5, 0.6) is 0 Å². The minimum atomic E-state index is -3.61. The normalized spacial score (nSPS) is 18.5. The summed E-state index contributed by atoms with van der Waals surface area (Å²) in [6, 6.07) is 13.6. The molecule has 2 unspecified atom stereocenters. The first-order valence-electron chi connectivity index (χ1n) is 14.3. The molecule has 2 N–H and O–H groups in total. The van der Waals surface area contributed by atoms with Crippen molar-refractivity contribution < 1.29 is 12.8 Å². The van der Waals surface area contributed by atoms with Gasteiger partial charge < -0.3 is 20.0 Å². The molecule has 0 radical (unpaired) electrons. The summed E-state index contributed by atoms with van der Waals surface area (Å²) in [4.78, 5) is 9.29. The number of nitrogens with two attached hydrogens (primary N) is 1. The Balaban J connectivity index is 1.73. The van der Waals surface area contributed by atoms with Crippen LogP contribution in [-0.4, -0.2) is 74.5 Å². The van der Waals surface area contributed by atoms with Crippen LogP contribution in [-0.2, 0) is 22.0 Å². The molecule has 3 atom stereocenters. The van der Waals surface area contributed by atoms with Crippen molar-refractivity contribution in [2.75, 3.05) is 50.0 Å². The van der Waals surface area contributed by atoms with Crippen LogP contribution in [0.4, 0.5) is 11.6 Å². The van der Waals surface area contributed by atoms with Gasteiger partial charge >= 0.3 is 0 Å². The zero-order chi connectivity index (χ0) is 29.9. The smallest absolute Gasteiger partial charge is 0.248 e. The number of anilines is 2. The average Bonchev–Trinajstić information content (AvgIpc) is 3.38. The van der Waals surface area contributed by atoms with E-state index in [1.165, 1.54) is 10.7 Å². The maximum atomic E-state index is 13.1. The molecule has 0 saturated heterocycles. The minimum Gasteiger partial charge on any atom is -0.419 e. The summed E-state index contributed by atoms with van der Waals surface area (Å²) in [6.07, 6.45) is 2.66. The fraction of sp³-hybridized carbons (Fsp3) is 0.567. The predicted molar refractivity (Wildman–Crippen MR) is 164 cm³/mol. The van der Waals surface area contributed by atoms with E-state index in [0.29, 0.717) is 41.3 Å². The Morgan fingerprint density at radius 3 is 2.34 bits per heavy atom. The van der Waals surface area contributed by atoms with Gasteiger partial charge in [0, 0.05) is 25.7 Å². The molecule has 2 heterocycles. The molecule has 1 aromatic carbocycles. The second-order valence-corrected chi connectivity index (χ2v) is 14.7. The van der Waals surface area contributed by atoms with E-state index in [9.17, 15) is 8.42 Å². The molecule has 1 fully saturated rings. The third-order valence-corrected chi connectivity index (χ3v) is 9.90. The highest BCUT2D eigenvalue weighted by Gasteiger charge is 2.35. The average molecular weight is 584 g/mol. The molecule has 1 aliphatic carbocycles. The van der Waals surface area contributed by atoms with Gasteiger partial charge in [0.25, 0.3) is 0 Å². The lowest BCUT2D eigenvalue weighted by Crippen LogP contribution is -2.35. The topological polar surface area (TPSA) is 122 Å². The van der Waals surface area contributed by atoms with Crippen molar-refractivity contribution >= 4 is 21.7 Å². The molecule has 11 heteroatoms. The highest BCUT2D eigenvalue weighted by Crippen LogP contribution is 2.39. The van der Waals surface area contributed by atoms with Crippen LogP contribution in [0.25, 0.3) is 11.5 Å². The first-order valence-corrected chi connectivity index (χ1v) is 15.8. The van der Waals surface area contributed by atoms with Crippen molar-refractivity contribution in [1.29, 1.82) is 0 Å². The molecule has 3 aromatic rings. The zero-order valence-corrected chi connectivity index (χ0v) is 26.2. The van der Waals surface area contributed by atoms with E-state index in [0.717, 1.165) is 31.6 Å². The van der Waals surface area contributed by atoms with E-state index in [-0.39, 0.29) is 5.89 Å². The Hall–Kier alpha value is -3.02. The van der Waals surface area contributed by atoms with Gasteiger partial charge in [-0.1, -0.05) is 37.3 Å². The van der Waals surface area contributed by atoms with Crippen LogP contribution in [0.3, 0.4) is 0 Å². The maximum absolute atomic E-state index is 13.1. The zero-order valence-electron chi connectivity index (χ0n) is 25.4.